The van der Waals surface area contributed by atoms with Gasteiger partial charge in [0.15, 0.2) is 0 Å². The molecule has 0 atom stereocenters. The molecule has 0 aliphatic heterocycles. The summed E-state index contributed by atoms with van der Waals surface area (Å²) >= 11 is 0. The van der Waals surface area contributed by atoms with E-state index in [1.165, 1.54) is 6.07 Å². The summed E-state index contributed by atoms with van der Waals surface area (Å²) in [6.45, 7) is 3.07. The number of hydrogen-bond acceptors (Lipinski definition) is 2. The Morgan fingerprint density at radius 2 is 1.75 bits per heavy atom. The summed E-state index contributed by atoms with van der Waals surface area (Å²) in [6.07, 6.45) is 0. The fourth-order valence-electron chi connectivity index (χ4n) is 1.03. The van der Waals surface area contributed by atoms with Crippen molar-refractivity contribution < 1.29 is 24.2 Å². The highest BCUT2D eigenvalue weighted by atomic mass is 19.1. The van der Waals surface area contributed by atoms with E-state index in [1.54, 1.807) is 0 Å². The zero-order chi connectivity index (χ0) is 12.7. The average molecular weight is 228 g/mol. The van der Waals surface area contributed by atoms with Crippen molar-refractivity contribution in [2.45, 2.75) is 20.5 Å². The zero-order valence-corrected chi connectivity index (χ0v) is 9.03. The van der Waals surface area contributed by atoms with E-state index >= 15 is 0 Å². The summed E-state index contributed by atoms with van der Waals surface area (Å²) in [7, 11) is 0. The molecule has 1 aromatic carbocycles. The van der Waals surface area contributed by atoms with E-state index in [2.05, 4.69) is 0 Å². The second kappa shape index (κ2) is 6.55. The van der Waals surface area contributed by atoms with Crippen LogP contribution in [0.1, 0.15) is 40.1 Å². The van der Waals surface area contributed by atoms with Crippen molar-refractivity contribution >= 4 is 11.9 Å². The second-order valence-corrected chi connectivity index (χ2v) is 2.62. The first-order chi connectivity index (χ1) is 7.56. The number of halogens is 1. The van der Waals surface area contributed by atoms with Crippen LogP contribution >= 0.6 is 0 Å². The van der Waals surface area contributed by atoms with Crippen LogP contribution in [0, 0.1) is 0 Å². The normalized spacial score (nSPS) is 8.94. The smallest absolute Gasteiger partial charge is 0.336 e. The Balaban J connectivity index is 0.00000106. The molecule has 4 nitrogen and oxygen atoms in total. The van der Waals surface area contributed by atoms with Crippen molar-refractivity contribution in [3.63, 3.8) is 0 Å². The number of benzene rings is 1. The number of alkyl halides is 1. The second-order valence-electron chi connectivity index (χ2n) is 2.62. The van der Waals surface area contributed by atoms with Gasteiger partial charge in [0.2, 0.25) is 0 Å². The van der Waals surface area contributed by atoms with Crippen LogP contribution < -0.4 is 0 Å². The number of carboxylic acids is 2. The van der Waals surface area contributed by atoms with Crippen LogP contribution in [0.5, 0.6) is 0 Å². The molecule has 2 N–H and O–H groups in total. The number of aromatic carboxylic acids is 2. The number of hydrogen-bond donors (Lipinski definition) is 2. The van der Waals surface area contributed by atoms with E-state index in [-0.39, 0.29) is 16.7 Å². The maximum absolute atomic E-state index is 12.3. The molecule has 0 saturated carbocycles. The minimum Gasteiger partial charge on any atom is -0.478 e. The molecular formula is C11H13FO4. The highest BCUT2D eigenvalue weighted by Gasteiger charge is 2.13. The fourth-order valence-corrected chi connectivity index (χ4v) is 1.03. The van der Waals surface area contributed by atoms with Gasteiger partial charge in [-0.15, -0.1) is 0 Å². The minimum absolute atomic E-state index is 0.0255. The first kappa shape index (κ1) is 14.1. The van der Waals surface area contributed by atoms with Crippen LogP contribution in [0.2, 0.25) is 0 Å². The summed E-state index contributed by atoms with van der Waals surface area (Å²) in [5.41, 5.74) is -0.505. The summed E-state index contributed by atoms with van der Waals surface area (Å²) in [4.78, 5) is 21.1. The SMILES string of the molecule is CC.O=C(O)c1ccc(CF)c(C(=O)O)c1. The van der Waals surface area contributed by atoms with Gasteiger partial charge >= 0.3 is 11.9 Å². The van der Waals surface area contributed by atoms with Gasteiger partial charge in [-0.3, -0.25) is 0 Å². The highest BCUT2D eigenvalue weighted by Crippen LogP contribution is 2.13. The lowest BCUT2D eigenvalue weighted by molar-refractivity contribution is 0.0694. The molecule has 0 amide bonds. The maximum Gasteiger partial charge on any atom is 0.336 e. The third-order valence-electron chi connectivity index (χ3n) is 1.73. The lowest BCUT2D eigenvalue weighted by Gasteiger charge is -2.02. The molecule has 16 heavy (non-hydrogen) atoms. The van der Waals surface area contributed by atoms with E-state index in [9.17, 15) is 14.0 Å². The third kappa shape index (κ3) is 3.34. The van der Waals surface area contributed by atoms with Crippen LogP contribution in [0.3, 0.4) is 0 Å². The monoisotopic (exact) mass is 228 g/mol. The molecule has 88 valence electrons. The molecule has 5 heteroatoms. The van der Waals surface area contributed by atoms with Crippen molar-refractivity contribution in [3.05, 3.63) is 34.9 Å². The van der Waals surface area contributed by atoms with Crippen LogP contribution in [0.25, 0.3) is 0 Å². The Bertz CT molecular complexity index is 388. The summed E-state index contributed by atoms with van der Waals surface area (Å²) < 4.78 is 12.3. The predicted molar refractivity (Wildman–Crippen MR) is 56.5 cm³/mol. The lowest BCUT2D eigenvalue weighted by atomic mass is 10.0. The molecule has 0 fully saturated rings. The van der Waals surface area contributed by atoms with E-state index in [1.807, 2.05) is 13.8 Å². The maximum atomic E-state index is 12.3. The van der Waals surface area contributed by atoms with Gasteiger partial charge in [-0.1, -0.05) is 19.9 Å². The van der Waals surface area contributed by atoms with Gasteiger partial charge < -0.3 is 10.2 Å². The Kier molecular flexibility index (Phi) is 5.77. The number of rotatable bonds is 3. The van der Waals surface area contributed by atoms with Gasteiger partial charge in [-0.2, -0.15) is 0 Å². The summed E-state index contributed by atoms with van der Waals surface area (Å²) in [5.74, 6) is -2.57. The molecule has 1 rings (SSSR count). The Labute approximate surface area is 92.3 Å². The molecule has 0 bridgehead atoms. The van der Waals surface area contributed by atoms with Crippen LogP contribution in [-0.4, -0.2) is 22.2 Å². The highest BCUT2D eigenvalue weighted by molar-refractivity contribution is 5.94. The average Bonchev–Trinajstić information content (AvgIpc) is 2.30. The topological polar surface area (TPSA) is 74.6 Å². The third-order valence-corrected chi connectivity index (χ3v) is 1.73. The molecule has 0 aromatic heterocycles. The van der Waals surface area contributed by atoms with E-state index in [4.69, 9.17) is 10.2 Å². The Morgan fingerprint density at radius 1 is 1.19 bits per heavy atom. The van der Waals surface area contributed by atoms with Gasteiger partial charge in [0, 0.05) is 0 Å². The molecule has 0 aliphatic carbocycles. The molecule has 0 radical (unpaired) electrons. The lowest BCUT2D eigenvalue weighted by Crippen LogP contribution is -2.05. The predicted octanol–water partition coefficient (Wildman–Crippen LogP) is 2.58. The van der Waals surface area contributed by atoms with Gasteiger partial charge in [0.05, 0.1) is 11.1 Å². The fraction of sp³-hybridized carbons (Fsp3) is 0.273. The molecule has 0 unspecified atom stereocenters. The summed E-state index contributed by atoms with van der Waals surface area (Å²) in [6, 6.07) is 3.27. The Hall–Kier alpha value is -1.91. The van der Waals surface area contributed by atoms with Crippen molar-refractivity contribution in [1.82, 2.24) is 0 Å². The zero-order valence-electron chi connectivity index (χ0n) is 9.03. The molecule has 1 aromatic rings. The van der Waals surface area contributed by atoms with Gasteiger partial charge in [0.25, 0.3) is 0 Å². The van der Waals surface area contributed by atoms with E-state index < -0.39 is 18.6 Å². The van der Waals surface area contributed by atoms with Crippen molar-refractivity contribution in [2.75, 3.05) is 0 Å². The molecule has 0 aliphatic rings. The van der Waals surface area contributed by atoms with Crippen molar-refractivity contribution in [3.8, 4) is 0 Å². The Morgan fingerprint density at radius 3 is 2.12 bits per heavy atom. The number of carboxylic acid groups (broad SMARTS) is 2. The van der Waals surface area contributed by atoms with Gasteiger partial charge in [-0.25, -0.2) is 14.0 Å². The minimum atomic E-state index is -1.33. The quantitative estimate of drug-likeness (QED) is 0.833. The van der Waals surface area contributed by atoms with E-state index in [0.29, 0.717) is 0 Å². The largest absolute Gasteiger partial charge is 0.478 e. The van der Waals surface area contributed by atoms with E-state index in [0.717, 1.165) is 12.1 Å². The molecule has 0 spiro atoms. The van der Waals surface area contributed by atoms with Crippen LogP contribution in [0.4, 0.5) is 4.39 Å². The number of carbonyl (C=O) groups is 2. The van der Waals surface area contributed by atoms with Crippen LogP contribution in [-0.2, 0) is 6.67 Å². The van der Waals surface area contributed by atoms with Gasteiger partial charge in [-0.05, 0) is 17.7 Å². The van der Waals surface area contributed by atoms with Gasteiger partial charge in [0.1, 0.15) is 6.67 Å². The first-order valence-electron chi connectivity index (χ1n) is 4.71. The first-order valence-corrected chi connectivity index (χ1v) is 4.71. The molecule has 0 saturated heterocycles. The van der Waals surface area contributed by atoms with Crippen LogP contribution in [0.15, 0.2) is 18.2 Å². The van der Waals surface area contributed by atoms with Crippen molar-refractivity contribution in [1.29, 1.82) is 0 Å². The van der Waals surface area contributed by atoms with Crippen molar-refractivity contribution in [2.24, 2.45) is 0 Å². The standard InChI is InChI=1S/C9H7FO4.C2H6/c10-4-6-2-1-5(8(11)12)3-7(6)9(13)14;1-2/h1-3H,4H2,(H,11,12)(H,13,14);1-2H3. The molecule has 0 heterocycles. The molecular weight excluding hydrogens is 215 g/mol. The summed E-state index contributed by atoms with van der Waals surface area (Å²) in [5, 5.41) is 17.2.